The summed E-state index contributed by atoms with van der Waals surface area (Å²) in [5.41, 5.74) is 0.932. The lowest BCUT2D eigenvalue weighted by atomic mass is 10.0. The van der Waals surface area contributed by atoms with Crippen LogP contribution in [0.4, 0.5) is 5.95 Å². The first-order valence-corrected chi connectivity index (χ1v) is 7.82. The van der Waals surface area contributed by atoms with Crippen molar-refractivity contribution in [2.75, 3.05) is 25.0 Å². The number of anilines is 1. The molecule has 0 radical (unpaired) electrons. The van der Waals surface area contributed by atoms with E-state index in [4.69, 9.17) is 5.26 Å². The molecule has 2 aromatic heterocycles. The van der Waals surface area contributed by atoms with Crippen molar-refractivity contribution in [2.24, 2.45) is 7.05 Å². The topological polar surface area (TPSA) is 90.9 Å². The Labute approximate surface area is 140 Å². The third-order valence-corrected chi connectivity index (χ3v) is 4.26. The van der Waals surface area contributed by atoms with Crippen LogP contribution in [0.3, 0.4) is 0 Å². The predicted molar refractivity (Wildman–Crippen MR) is 87.3 cm³/mol. The Kier molecular flexibility index (Phi) is 4.42. The van der Waals surface area contributed by atoms with Crippen molar-refractivity contribution in [3.05, 3.63) is 35.9 Å². The van der Waals surface area contributed by atoms with E-state index in [1.54, 1.807) is 41.3 Å². The highest BCUT2D eigenvalue weighted by Crippen LogP contribution is 2.20. The molecular formula is C16H19N7O. The summed E-state index contributed by atoms with van der Waals surface area (Å²) in [5.74, 6) is 0.502. The molecule has 0 N–H and O–H groups in total. The van der Waals surface area contributed by atoms with Crippen molar-refractivity contribution >= 4 is 11.9 Å². The molecule has 1 atom stereocenters. The molecule has 0 bridgehead atoms. The van der Waals surface area contributed by atoms with Gasteiger partial charge in [0.25, 0.3) is 5.91 Å². The molecule has 1 saturated heterocycles. The van der Waals surface area contributed by atoms with Gasteiger partial charge < -0.3 is 9.80 Å². The van der Waals surface area contributed by atoms with Crippen LogP contribution in [0, 0.1) is 11.3 Å². The van der Waals surface area contributed by atoms with E-state index in [1.807, 2.05) is 18.0 Å². The molecule has 3 heterocycles. The van der Waals surface area contributed by atoms with E-state index in [-0.39, 0.29) is 11.9 Å². The molecule has 124 valence electrons. The minimum atomic E-state index is -0.0401. The Bertz CT molecular complexity index is 779. The Balaban J connectivity index is 1.73. The number of nitriles is 1. The van der Waals surface area contributed by atoms with Gasteiger partial charge in [0.15, 0.2) is 0 Å². The first kappa shape index (κ1) is 15.9. The summed E-state index contributed by atoms with van der Waals surface area (Å²) >= 11 is 0. The third kappa shape index (κ3) is 3.20. The summed E-state index contributed by atoms with van der Waals surface area (Å²) in [4.78, 5) is 24.9. The molecule has 1 aliphatic heterocycles. The molecule has 1 aliphatic rings. The maximum absolute atomic E-state index is 12.6. The van der Waals surface area contributed by atoms with Crippen LogP contribution in [0.2, 0.25) is 0 Å². The molecule has 24 heavy (non-hydrogen) atoms. The van der Waals surface area contributed by atoms with Crippen molar-refractivity contribution in [1.82, 2.24) is 24.6 Å². The van der Waals surface area contributed by atoms with Crippen LogP contribution in [0.1, 0.15) is 28.9 Å². The van der Waals surface area contributed by atoms with Gasteiger partial charge in [-0.1, -0.05) is 0 Å². The summed E-state index contributed by atoms with van der Waals surface area (Å²) in [7, 11) is 3.61. The summed E-state index contributed by atoms with van der Waals surface area (Å²) in [6, 6.07) is 3.69. The first-order chi connectivity index (χ1) is 11.6. The van der Waals surface area contributed by atoms with Crippen molar-refractivity contribution in [3.8, 4) is 6.07 Å². The highest BCUT2D eigenvalue weighted by atomic mass is 16.2. The number of rotatable bonds is 3. The Morgan fingerprint density at radius 1 is 1.50 bits per heavy atom. The van der Waals surface area contributed by atoms with Crippen LogP contribution in [-0.2, 0) is 7.05 Å². The number of amides is 1. The highest BCUT2D eigenvalue weighted by molar-refractivity contribution is 5.93. The zero-order chi connectivity index (χ0) is 17.1. The number of hydrogen-bond donors (Lipinski definition) is 0. The van der Waals surface area contributed by atoms with Crippen LogP contribution < -0.4 is 4.90 Å². The second-order valence-electron chi connectivity index (χ2n) is 5.91. The molecule has 1 amide bonds. The van der Waals surface area contributed by atoms with Gasteiger partial charge in [-0.3, -0.25) is 9.48 Å². The van der Waals surface area contributed by atoms with Crippen LogP contribution in [0.15, 0.2) is 24.7 Å². The average molecular weight is 325 g/mol. The van der Waals surface area contributed by atoms with Crippen molar-refractivity contribution < 1.29 is 4.79 Å². The largest absolute Gasteiger partial charge is 0.339 e. The normalized spacial score (nSPS) is 17.4. The molecule has 0 saturated carbocycles. The fourth-order valence-electron chi connectivity index (χ4n) is 2.92. The second kappa shape index (κ2) is 6.66. The maximum Gasteiger partial charge on any atom is 0.257 e. The van der Waals surface area contributed by atoms with Crippen molar-refractivity contribution in [2.45, 2.75) is 18.9 Å². The summed E-state index contributed by atoms with van der Waals surface area (Å²) < 4.78 is 1.62. The van der Waals surface area contributed by atoms with Gasteiger partial charge in [-0.05, 0) is 18.9 Å². The van der Waals surface area contributed by atoms with Crippen LogP contribution >= 0.6 is 0 Å². The lowest BCUT2D eigenvalue weighted by Crippen LogP contribution is -2.49. The number of hydrogen-bond acceptors (Lipinski definition) is 6. The van der Waals surface area contributed by atoms with Gasteiger partial charge in [0, 0.05) is 45.6 Å². The second-order valence-corrected chi connectivity index (χ2v) is 5.91. The van der Waals surface area contributed by atoms with Crippen molar-refractivity contribution in [3.63, 3.8) is 0 Å². The molecule has 2 aromatic rings. The number of aryl methyl sites for hydroxylation is 1. The molecule has 1 fully saturated rings. The highest BCUT2D eigenvalue weighted by Gasteiger charge is 2.28. The Hall–Kier alpha value is -2.95. The van der Waals surface area contributed by atoms with E-state index in [2.05, 4.69) is 15.1 Å². The predicted octanol–water partition coefficient (Wildman–Crippen LogP) is 0.823. The minimum absolute atomic E-state index is 0.0401. The fraction of sp³-hybridized carbons (Fsp3) is 0.438. The quantitative estimate of drug-likeness (QED) is 0.830. The monoisotopic (exact) mass is 325 g/mol. The summed E-state index contributed by atoms with van der Waals surface area (Å²) in [6.07, 6.45) is 6.76. The maximum atomic E-state index is 12.6. The van der Waals surface area contributed by atoms with Crippen molar-refractivity contribution in [1.29, 1.82) is 5.26 Å². The van der Waals surface area contributed by atoms with Crippen LogP contribution in [0.5, 0.6) is 0 Å². The van der Waals surface area contributed by atoms with Gasteiger partial charge in [-0.2, -0.15) is 10.4 Å². The standard InChI is InChI=1S/C16H19N7O/c1-21-10-12(9-19-21)15(24)22(2)14-4-3-7-23(11-14)16-18-6-5-13(8-17)20-16/h5-6,9-10,14H,3-4,7,11H2,1-2H3. The van der Waals surface area contributed by atoms with Crippen LogP contribution in [-0.4, -0.2) is 56.7 Å². The zero-order valence-corrected chi connectivity index (χ0v) is 13.8. The number of likely N-dealkylation sites (N-methyl/N-ethyl adjacent to an activating group) is 1. The van der Waals surface area contributed by atoms with Gasteiger partial charge in [0.05, 0.1) is 11.8 Å². The number of aromatic nitrogens is 4. The van der Waals surface area contributed by atoms with E-state index in [0.717, 1.165) is 19.4 Å². The zero-order valence-electron chi connectivity index (χ0n) is 13.8. The first-order valence-electron chi connectivity index (χ1n) is 7.82. The molecule has 3 rings (SSSR count). The number of nitrogens with zero attached hydrogens (tertiary/aromatic N) is 7. The van der Waals surface area contributed by atoms with Gasteiger partial charge in [-0.15, -0.1) is 0 Å². The number of carbonyl (C=O) groups excluding carboxylic acids is 1. The Morgan fingerprint density at radius 2 is 2.33 bits per heavy atom. The molecule has 8 heteroatoms. The van der Waals surface area contributed by atoms with E-state index < -0.39 is 0 Å². The lowest BCUT2D eigenvalue weighted by Gasteiger charge is -2.37. The van der Waals surface area contributed by atoms with Gasteiger partial charge in [0.2, 0.25) is 5.95 Å². The van der Waals surface area contributed by atoms with E-state index >= 15 is 0 Å². The molecule has 0 spiro atoms. The Morgan fingerprint density at radius 3 is 3.04 bits per heavy atom. The third-order valence-electron chi connectivity index (χ3n) is 4.26. The minimum Gasteiger partial charge on any atom is -0.339 e. The molecule has 8 nitrogen and oxygen atoms in total. The van der Waals surface area contributed by atoms with Gasteiger partial charge in [0.1, 0.15) is 11.8 Å². The lowest BCUT2D eigenvalue weighted by molar-refractivity contribution is 0.0717. The smallest absolute Gasteiger partial charge is 0.257 e. The summed E-state index contributed by atoms with van der Waals surface area (Å²) in [6.45, 7) is 1.47. The van der Waals surface area contributed by atoms with E-state index in [1.165, 1.54) is 0 Å². The molecule has 0 aromatic carbocycles. The SMILES string of the molecule is CN(C(=O)c1cnn(C)c1)C1CCCN(c2nccc(C#N)n2)C1. The number of piperidine rings is 1. The van der Waals surface area contributed by atoms with Gasteiger partial charge in [-0.25, -0.2) is 9.97 Å². The molecule has 1 unspecified atom stereocenters. The van der Waals surface area contributed by atoms with E-state index in [0.29, 0.717) is 23.8 Å². The molecule has 0 aliphatic carbocycles. The molecular weight excluding hydrogens is 306 g/mol. The van der Waals surface area contributed by atoms with Crippen LogP contribution in [0.25, 0.3) is 0 Å². The average Bonchev–Trinajstić information content (AvgIpc) is 3.07. The summed E-state index contributed by atoms with van der Waals surface area (Å²) in [5, 5.41) is 13.0. The number of carbonyl (C=O) groups is 1. The fourth-order valence-corrected chi connectivity index (χ4v) is 2.92. The van der Waals surface area contributed by atoms with E-state index in [9.17, 15) is 4.79 Å². The van der Waals surface area contributed by atoms with Gasteiger partial charge >= 0.3 is 0 Å².